The number of nitrogens with two attached hydrogens (primary N) is 2. The van der Waals surface area contributed by atoms with Crippen molar-refractivity contribution in [1.29, 1.82) is 0 Å². The Kier molecular flexibility index (Phi) is 16.2. The van der Waals surface area contributed by atoms with Gasteiger partial charge in [0.2, 0.25) is 11.6 Å². The molecule has 6 aliphatic rings. The second-order valence-electron chi connectivity index (χ2n) is 20.3. The van der Waals surface area contributed by atoms with Gasteiger partial charge >= 0.3 is 0 Å². The van der Waals surface area contributed by atoms with Crippen LogP contribution in [0.4, 0.5) is 0 Å². The summed E-state index contributed by atoms with van der Waals surface area (Å²) in [5, 5.41) is 107. The molecule has 24 nitrogen and oxygen atoms in total. The fourth-order valence-corrected chi connectivity index (χ4v) is 11.5. The number of fused-ring (bicyclic) bond motifs is 6. The summed E-state index contributed by atoms with van der Waals surface area (Å²) < 4.78 is 34.0. The largest absolute Gasteiger partial charge is 0.507 e. The number of aliphatic hydroxyl groups excluding tert-OH is 4. The molecule has 12 atom stereocenters. The summed E-state index contributed by atoms with van der Waals surface area (Å²) in [6.07, 6.45) is -10.2. The Labute approximate surface area is 455 Å². The molecule has 25 heteroatoms. The standard InChI is InChI=1S/2C27H29NO11.ClH/c2*1-10-22(31)13(28)6-17(38-10)39-15-8-27(36,16(30)9-29)7-12-19(15)26(35)21-20(24(12)33)23(32)11-4-3-5-14(37-2)18(11)25(21)34;/h2*3-5,10,13,15,17,22,29,31,33,35-36H,6-9,28H2,1-2H3;1H/t10?,13?,15-,17?,22?,27-;10-,13-,15-,17-,22+,27-;/m00./s1. The molecule has 4 aromatic rings. The Morgan fingerprint density at radius 2 is 0.924 bits per heavy atom. The highest BCUT2D eigenvalue weighted by molar-refractivity contribution is 6.32. The molecule has 4 aromatic carbocycles. The molecule has 2 aliphatic heterocycles. The number of phenolic OH excluding ortho intramolecular Hbond substituents is 4. The van der Waals surface area contributed by atoms with Crippen LogP contribution < -0.4 is 20.9 Å². The fourth-order valence-electron chi connectivity index (χ4n) is 11.5. The summed E-state index contributed by atoms with van der Waals surface area (Å²) >= 11 is 0. The van der Waals surface area contributed by atoms with Gasteiger partial charge in [-0.25, -0.2) is 0 Å². The number of Topliss-reactive ketones (excluding diaryl/α,β-unsaturated/α-hetero) is 2. The summed E-state index contributed by atoms with van der Waals surface area (Å²) in [7, 11) is 2.64. The number of aromatic hydroxyl groups is 4. The topological polar surface area (TPSA) is 412 Å². The number of hydrogen-bond donors (Lipinski definition) is 12. The van der Waals surface area contributed by atoms with Gasteiger partial charge in [-0.3, -0.25) is 28.8 Å². The van der Waals surface area contributed by atoms with Crippen LogP contribution in [0.2, 0.25) is 0 Å². The van der Waals surface area contributed by atoms with E-state index in [0.717, 1.165) is 0 Å². The highest BCUT2D eigenvalue weighted by Crippen LogP contribution is 2.55. The monoisotopic (exact) mass is 1120 g/mol. The molecule has 424 valence electrons. The molecular weight excluding hydrogens is 1060 g/mol. The molecule has 0 spiro atoms. The lowest BCUT2D eigenvalue weighted by Crippen LogP contribution is -2.53. The van der Waals surface area contributed by atoms with Crippen molar-refractivity contribution in [2.24, 2.45) is 11.5 Å². The van der Waals surface area contributed by atoms with E-state index in [-0.39, 0.29) is 81.3 Å². The molecule has 4 aliphatic carbocycles. The van der Waals surface area contributed by atoms with Crippen molar-refractivity contribution < 1.29 is 108 Å². The molecule has 0 saturated carbocycles. The highest BCUT2D eigenvalue weighted by atomic mass is 35.5. The average molecular weight is 1120 g/mol. The lowest BCUT2D eigenvalue weighted by atomic mass is 9.72. The number of methoxy groups -OCH3 is 2. The maximum absolute atomic E-state index is 13.6. The first kappa shape index (κ1) is 58.7. The van der Waals surface area contributed by atoms with Gasteiger partial charge in [0.1, 0.15) is 58.9 Å². The third-order valence-electron chi connectivity index (χ3n) is 15.6. The van der Waals surface area contributed by atoms with Gasteiger partial charge in [-0.05, 0) is 26.0 Å². The Hall–Kier alpha value is -6.49. The molecule has 10 rings (SSSR count). The van der Waals surface area contributed by atoms with Gasteiger partial charge in [0, 0.05) is 84.0 Å². The number of carbonyl (C=O) groups excluding carboxylic acids is 6. The molecule has 0 bridgehead atoms. The van der Waals surface area contributed by atoms with Crippen LogP contribution in [-0.2, 0) is 41.4 Å². The third kappa shape index (κ3) is 9.62. The Bertz CT molecular complexity index is 2970. The number of ether oxygens (including phenoxy) is 6. The summed E-state index contributed by atoms with van der Waals surface area (Å²) in [6, 6.07) is 7.27. The van der Waals surface area contributed by atoms with Crippen LogP contribution in [0.15, 0.2) is 36.4 Å². The second-order valence-corrected chi connectivity index (χ2v) is 20.3. The van der Waals surface area contributed by atoms with Gasteiger partial charge in [0.15, 0.2) is 35.7 Å². The van der Waals surface area contributed by atoms with Crippen LogP contribution >= 0.6 is 12.4 Å². The van der Waals surface area contributed by atoms with Crippen LogP contribution in [-0.4, -0.2) is 173 Å². The first-order valence-corrected chi connectivity index (χ1v) is 24.8. The van der Waals surface area contributed by atoms with Crippen molar-refractivity contribution in [2.75, 3.05) is 27.4 Å². The minimum Gasteiger partial charge on any atom is -0.507 e. The number of benzene rings is 4. The van der Waals surface area contributed by atoms with Crippen LogP contribution in [0.1, 0.15) is 138 Å². The van der Waals surface area contributed by atoms with E-state index in [1.54, 1.807) is 13.8 Å². The third-order valence-corrected chi connectivity index (χ3v) is 15.6. The molecule has 4 unspecified atom stereocenters. The smallest absolute Gasteiger partial charge is 0.202 e. The zero-order valence-corrected chi connectivity index (χ0v) is 43.6. The van der Waals surface area contributed by atoms with Crippen molar-refractivity contribution in [3.8, 4) is 34.5 Å². The van der Waals surface area contributed by atoms with E-state index in [1.807, 2.05) is 0 Å². The van der Waals surface area contributed by atoms with Crippen molar-refractivity contribution >= 4 is 47.1 Å². The van der Waals surface area contributed by atoms with Gasteiger partial charge in [0.05, 0.1) is 84.2 Å². The van der Waals surface area contributed by atoms with E-state index < -0.39 is 191 Å². The molecule has 14 N–H and O–H groups in total. The lowest BCUT2D eigenvalue weighted by Gasteiger charge is -2.42. The Morgan fingerprint density at radius 1 is 0.582 bits per heavy atom. The van der Waals surface area contributed by atoms with Crippen LogP contribution in [0.5, 0.6) is 34.5 Å². The molecule has 2 fully saturated rings. The molecule has 2 saturated heterocycles. The number of aliphatic hydroxyl groups is 6. The van der Waals surface area contributed by atoms with Crippen LogP contribution in [0, 0.1) is 0 Å². The van der Waals surface area contributed by atoms with E-state index in [2.05, 4.69) is 0 Å². The van der Waals surface area contributed by atoms with Crippen LogP contribution in [0.3, 0.4) is 0 Å². The fraction of sp³-hybridized carbons (Fsp3) is 0.444. The van der Waals surface area contributed by atoms with Gasteiger partial charge in [-0.1, -0.05) is 24.3 Å². The summed E-state index contributed by atoms with van der Waals surface area (Å²) in [5.74, 6) is -7.55. The highest BCUT2D eigenvalue weighted by Gasteiger charge is 2.52. The maximum Gasteiger partial charge on any atom is 0.202 e. The van der Waals surface area contributed by atoms with E-state index in [9.17, 15) is 79.8 Å². The van der Waals surface area contributed by atoms with E-state index in [0.29, 0.717) is 0 Å². The van der Waals surface area contributed by atoms with Crippen molar-refractivity contribution in [2.45, 2.75) is 125 Å². The van der Waals surface area contributed by atoms with E-state index in [1.165, 1.54) is 50.6 Å². The Balaban J connectivity index is 0.000000205. The molecule has 0 amide bonds. The molecule has 2 heterocycles. The number of rotatable bonds is 10. The Morgan fingerprint density at radius 3 is 1.24 bits per heavy atom. The number of hydrogen-bond acceptors (Lipinski definition) is 24. The zero-order chi connectivity index (χ0) is 56.8. The summed E-state index contributed by atoms with van der Waals surface area (Å²) in [4.78, 5) is 79.5. The number of carbonyl (C=O) groups is 6. The average Bonchev–Trinajstić information content (AvgIpc) is 3.59. The lowest BCUT2D eigenvalue weighted by molar-refractivity contribution is -0.247. The summed E-state index contributed by atoms with van der Waals surface area (Å²) in [5.41, 5.74) is 4.75. The van der Waals surface area contributed by atoms with Crippen molar-refractivity contribution in [3.63, 3.8) is 0 Å². The van der Waals surface area contributed by atoms with Crippen molar-refractivity contribution in [1.82, 2.24) is 0 Å². The van der Waals surface area contributed by atoms with Gasteiger partial charge in [-0.15, -0.1) is 12.4 Å². The van der Waals surface area contributed by atoms with Gasteiger partial charge in [-0.2, -0.15) is 0 Å². The predicted molar refractivity (Wildman–Crippen MR) is 271 cm³/mol. The van der Waals surface area contributed by atoms with Crippen LogP contribution in [0.25, 0.3) is 0 Å². The SMILES string of the molecule is COc1cccc2c1C(=O)c1c(O)c3c(c(O)c1C2=O)C[C@@](O)(C(=O)CO)C[C@@H]3OC1CC(N)C(O)C(C)O1.COc1cccc2c1C(=O)c1c(O)c3c(c(O)c1C2=O)C[C@@](O)(C(=O)CO)C[C@@H]3O[C@H]1C[C@H](N)[C@H](O)[C@H](C)O1.Cl. The zero-order valence-electron chi connectivity index (χ0n) is 42.8. The number of phenols is 4. The van der Waals surface area contributed by atoms with E-state index >= 15 is 0 Å². The molecular formula is C54H59ClN2O22. The van der Waals surface area contributed by atoms with Crippen molar-refractivity contribution in [3.05, 3.63) is 103 Å². The molecule has 0 aromatic heterocycles. The first-order valence-electron chi connectivity index (χ1n) is 24.8. The normalized spacial score (nSPS) is 29.5. The predicted octanol–water partition coefficient (Wildman–Crippen LogP) is 0.424. The summed E-state index contributed by atoms with van der Waals surface area (Å²) in [6.45, 7) is 1.12. The van der Waals surface area contributed by atoms with Gasteiger partial charge < -0.3 is 91.0 Å². The van der Waals surface area contributed by atoms with E-state index in [4.69, 9.17) is 39.9 Å². The maximum atomic E-state index is 13.6. The molecule has 0 radical (unpaired) electrons. The number of ketones is 6. The number of halogens is 1. The van der Waals surface area contributed by atoms with Gasteiger partial charge in [0.25, 0.3) is 0 Å². The quantitative estimate of drug-likeness (QED) is 0.0827. The minimum atomic E-state index is -2.24. The molecule has 79 heavy (non-hydrogen) atoms. The minimum absolute atomic E-state index is 0. The second kappa shape index (κ2) is 21.9. The first-order chi connectivity index (χ1) is 36.9.